The van der Waals surface area contributed by atoms with Gasteiger partial charge in [-0.2, -0.15) is 0 Å². The van der Waals surface area contributed by atoms with Crippen molar-refractivity contribution in [3.63, 3.8) is 0 Å². The molecule has 140 valence electrons. The lowest BCUT2D eigenvalue weighted by atomic mass is 10.4. The molecule has 0 heterocycles. The van der Waals surface area contributed by atoms with Gasteiger partial charge < -0.3 is 23.7 Å². The fourth-order valence-electron chi connectivity index (χ4n) is 1.08. The predicted octanol–water partition coefficient (Wildman–Crippen LogP) is 2.26. The molecule has 0 aromatic carbocycles. The molecule has 0 N–H and O–H groups in total. The third-order valence-corrected chi connectivity index (χ3v) is 2.26. The molecule has 0 spiro atoms. The number of carbonyl (C=O) groups excluding carboxylic acids is 2. The summed E-state index contributed by atoms with van der Waals surface area (Å²) in [4.78, 5) is 21.7. The van der Waals surface area contributed by atoms with Crippen molar-refractivity contribution in [2.75, 3.05) is 40.1 Å². The van der Waals surface area contributed by atoms with Crippen molar-refractivity contribution in [3.05, 3.63) is 24.3 Å². The number of carbonyl (C=O) groups is 2. The van der Waals surface area contributed by atoms with Gasteiger partial charge in [-0.15, -0.1) is 0 Å². The molecule has 0 aliphatic carbocycles. The van der Waals surface area contributed by atoms with Gasteiger partial charge >= 0.3 is 11.9 Å². The standard InChI is InChI=1S/C9H16O4.C8H14O3/c1-8(2)9(10)13-7-6-12-5-4-11-3;1-5-10-7(4)11-8(9)6(2)3/h1,4-7H2,2-3H3;7H,2,5H2,1,3-4H3. The van der Waals surface area contributed by atoms with E-state index in [0.717, 1.165) is 0 Å². The Morgan fingerprint density at radius 3 is 1.96 bits per heavy atom. The van der Waals surface area contributed by atoms with Crippen LogP contribution in [-0.4, -0.2) is 58.4 Å². The molecule has 0 radical (unpaired) electrons. The Morgan fingerprint density at radius 1 is 0.958 bits per heavy atom. The van der Waals surface area contributed by atoms with Gasteiger partial charge in [0.15, 0.2) is 6.29 Å². The number of esters is 2. The molecule has 7 heteroatoms. The Balaban J connectivity index is 0. The normalized spacial score (nSPS) is 10.9. The average Bonchev–Trinajstić information content (AvgIpc) is 2.51. The zero-order valence-electron chi connectivity index (χ0n) is 15.4. The van der Waals surface area contributed by atoms with Gasteiger partial charge in [-0.1, -0.05) is 13.2 Å². The van der Waals surface area contributed by atoms with Crippen LogP contribution in [0.25, 0.3) is 0 Å². The summed E-state index contributed by atoms with van der Waals surface area (Å²) in [5.41, 5.74) is 0.786. The van der Waals surface area contributed by atoms with E-state index in [9.17, 15) is 9.59 Å². The second-order valence-corrected chi connectivity index (χ2v) is 4.73. The van der Waals surface area contributed by atoms with Crippen molar-refractivity contribution < 1.29 is 33.3 Å². The summed E-state index contributed by atoms with van der Waals surface area (Å²) in [6, 6.07) is 0. The van der Waals surface area contributed by atoms with Gasteiger partial charge in [-0.3, -0.25) is 0 Å². The third kappa shape index (κ3) is 16.7. The minimum Gasteiger partial charge on any atom is -0.460 e. The molecule has 0 aliphatic rings. The number of ether oxygens (including phenoxy) is 5. The van der Waals surface area contributed by atoms with Crippen LogP contribution < -0.4 is 0 Å². The van der Waals surface area contributed by atoms with Gasteiger partial charge in [0.25, 0.3) is 0 Å². The highest BCUT2D eigenvalue weighted by atomic mass is 16.7. The van der Waals surface area contributed by atoms with Crippen molar-refractivity contribution in [2.45, 2.75) is 34.0 Å². The van der Waals surface area contributed by atoms with E-state index in [2.05, 4.69) is 13.2 Å². The van der Waals surface area contributed by atoms with Crippen molar-refractivity contribution in [3.8, 4) is 0 Å². The Hall–Kier alpha value is -1.70. The largest absolute Gasteiger partial charge is 0.460 e. The van der Waals surface area contributed by atoms with Crippen LogP contribution in [-0.2, 0) is 33.3 Å². The Bertz CT molecular complexity index is 390. The van der Waals surface area contributed by atoms with Crippen LogP contribution in [0.15, 0.2) is 24.3 Å². The smallest absolute Gasteiger partial charge is 0.335 e. The summed E-state index contributed by atoms with van der Waals surface area (Å²) in [5.74, 6) is -0.790. The zero-order chi connectivity index (χ0) is 19.0. The van der Waals surface area contributed by atoms with Gasteiger partial charge in [-0.25, -0.2) is 9.59 Å². The number of hydrogen-bond donors (Lipinski definition) is 0. The van der Waals surface area contributed by atoms with Crippen LogP contribution in [0.4, 0.5) is 0 Å². The first-order valence-corrected chi connectivity index (χ1v) is 7.63. The number of hydrogen-bond acceptors (Lipinski definition) is 7. The maximum absolute atomic E-state index is 10.8. The van der Waals surface area contributed by atoms with E-state index < -0.39 is 12.3 Å². The maximum atomic E-state index is 10.8. The monoisotopic (exact) mass is 346 g/mol. The number of rotatable bonds is 11. The second-order valence-electron chi connectivity index (χ2n) is 4.73. The van der Waals surface area contributed by atoms with Crippen LogP contribution in [0.3, 0.4) is 0 Å². The first-order chi connectivity index (χ1) is 11.3. The average molecular weight is 346 g/mol. The van der Waals surface area contributed by atoms with Crippen LogP contribution in [0.1, 0.15) is 27.7 Å². The maximum Gasteiger partial charge on any atom is 0.335 e. The van der Waals surface area contributed by atoms with E-state index in [0.29, 0.717) is 37.6 Å². The van der Waals surface area contributed by atoms with Crippen LogP contribution in [0.5, 0.6) is 0 Å². The topological polar surface area (TPSA) is 80.3 Å². The molecule has 7 nitrogen and oxygen atoms in total. The molecule has 24 heavy (non-hydrogen) atoms. The van der Waals surface area contributed by atoms with Crippen molar-refractivity contribution in [1.82, 2.24) is 0 Å². The van der Waals surface area contributed by atoms with E-state index in [4.69, 9.17) is 23.7 Å². The highest BCUT2D eigenvalue weighted by Crippen LogP contribution is 1.98. The first kappa shape index (κ1) is 24.6. The highest BCUT2D eigenvalue weighted by Gasteiger charge is 2.08. The fourth-order valence-corrected chi connectivity index (χ4v) is 1.08. The molecule has 1 atom stereocenters. The van der Waals surface area contributed by atoms with Crippen LogP contribution in [0, 0.1) is 0 Å². The minimum atomic E-state index is -0.482. The molecule has 0 aromatic heterocycles. The zero-order valence-corrected chi connectivity index (χ0v) is 15.4. The van der Waals surface area contributed by atoms with E-state index in [1.807, 2.05) is 6.92 Å². The van der Waals surface area contributed by atoms with E-state index in [1.54, 1.807) is 27.9 Å². The van der Waals surface area contributed by atoms with Crippen molar-refractivity contribution in [1.29, 1.82) is 0 Å². The molecule has 0 fully saturated rings. The summed E-state index contributed by atoms with van der Waals surface area (Å²) in [6.07, 6.45) is -0.482. The van der Waals surface area contributed by atoms with Crippen LogP contribution in [0.2, 0.25) is 0 Å². The van der Waals surface area contributed by atoms with Gasteiger partial charge in [0.05, 0.1) is 19.8 Å². The van der Waals surface area contributed by atoms with Gasteiger partial charge in [0, 0.05) is 24.9 Å². The van der Waals surface area contributed by atoms with E-state index in [-0.39, 0.29) is 12.6 Å². The number of methoxy groups -OCH3 is 1. The molecule has 0 aromatic rings. The third-order valence-electron chi connectivity index (χ3n) is 2.26. The lowest BCUT2D eigenvalue weighted by Gasteiger charge is -2.11. The van der Waals surface area contributed by atoms with E-state index in [1.165, 1.54) is 0 Å². The molecule has 1 unspecified atom stereocenters. The van der Waals surface area contributed by atoms with Gasteiger partial charge in [0.2, 0.25) is 0 Å². The summed E-state index contributed by atoms with van der Waals surface area (Å²) in [6.45, 7) is 15.8. The Labute approximate surface area is 144 Å². The molecule has 0 saturated heterocycles. The lowest BCUT2D eigenvalue weighted by Crippen LogP contribution is -2.18. The Kier molecular flexibility index (Phi) is 16.5. The predicted molar refractivity (Wildman–Crippen MR) is 90.5 cm³/mol. The molecule has 0 saturated carbocycles. The minimum absolute atomic E-state index is 0.259. The molecular weight excluding hydrogens is 316 g/mol. The van der Waals surface area contributed by atoms with E-state index >= 15 is 0 Å². The second kappa shape index (κ2) is 16.2. The summed E-state index contributed by atoms with van der Waals surface area (Å²) < 4.78 is 24.4. The summed E-state index contributed by atoms with van der Waals surface area (Å²) in [7, 11) is 1.60. The lowest BCUT2D eigenvalue weighted by molar-refractivity contribution is -0.169. The van der Waals surface area contributed by atoms with Crippen LogP contribution >= 0.6 is 0 Å². The first-order valence-electron chi connectivity index (χ1n) is 7.63. The van der Waals surface area contributed by atoms with Gasteiger partial charge in [0.1, 0.15) is 6.61 Å². The highest BCUT2D eigenvalue weighted by molar-refractivity contribution is 5.87. The van der Waals surface area contributed by atoms with Crippen molar-refractivity contribution >= 4 is 11.9 Å². The molecular formula is C17H30O7. The molecule has 0 rings (SSSR count). The quantitative estimate of drug-likeness (QED) is 0.246. The summed E-state index contributed by atoms with van der Waals surface area (Å²) in [5, 5.41) is 0. The molecule has 0 amide bonds. The summed E-state index contributed by atoms with van der Waals surface area (Å²) >= 11 is 0. The molecule has 0 aliphatic heterocycles. The SMILES string of the molecule is C=C(C)C(=O)OC(C)OCC.C=C(C)C(=O)OCCOCCOC. The molecule has 0 bridgehead atoms. The van der Waals surface area contributed by atoms with Crippen molar-refractivity contribution in [2.24, 2.45) is 0 Å². The fraction of sp³-hybridized carbons (Fsp3) is 0.647. The Morgan fingerprint density at radius 2 is 1.50 bits per heavy atom. The van der Waals surface area contributed by atoms with Gasteiger partial charge in [-0.05, 0) is 27.7 Å².